The summed E-state index contributed by atoms with van der Waals surface area (Å²) in [5, 5.41) is 4.72. The van der Waals surface area contributed by atoms with Crippen molar-refractivity contribution in [2.75, 3.05) is 11.9 Å². The van der Waals surface area contributed by atoms with Crippen molar-refractivity contribution in [3.8, 4) is 5.75 Å². The van der Waals surface area contributed by atoms with Crippen molar-refractivity contribution < 1.29 is 19.1 Å². The molecule has 0 aliphatic heterocycles. The summed E-state index contributed by atoms with van der Waals surface area (Å²) in [4.78, 5) is 25.3. The van der Waals surface area contributed by atoms with E-state index in [9.17, 15) is 9.59 Å². The van der Waals surface area contributed by atoms with Crippen LogP contribution in [0.25, 0.3) is 0 Å². The second-order valence-corrected chi connectivity index (χ2v) is 8.23. The first-order valence-corrected chi connectivity index (χ1v) is 10.7. The molecule has 1 aromatic carbocycles. The number of carbonyl (C=O) groups excluding carboxylic acids is 2. The molecule has 0 radical (unpaired) electrons. The average molecular weight is 422 g/mol. The molecule has 3 rings (SSSR count). The van der Waals surface area contributed by atoms with Crippen molar-refractivity contribution in [1.29, 1.82) is 0 Å². The molecule has 0 fully saturated rings. The fraction of sp³-hybridized carbons (Fsp3) is 0.429. The molecule has 0 amide bonds. The van der Waals surface area contributed by atoms with Gasteiger partial charge in [-0.3, -0.25) is 4.79 Å². The Labute approximate surface area is 174 Å². The van der Waals surface area contributed by atoms with E-state index in [0.29, 0.717) is 29.5 Å². The molecule has 0 saturated carbocycles. The zero-order chi connectivity index (χ0) is 20.1. The lowest BCUT2D eigenvalue weighted by Crippen LogP contribution is -2.11. The Morgan fingerprint density at radius 1 is 1.21 bits per heavy atom. The van der Waals surface area contributed by atoms with Crippen LogP contribution in [0, 0.1) is 0 Å². The first kappa shape index (κ1) is 20.7. The van der Waals surface area contributed by atoms with Crippen LogP contribution >= 0.6 is 22.9 Å². The van der Waals surface area contributed by atoms with Gasteiger partial charge in [0.2, 0.25) is 0 Å². The third-order valence-electron chi connectivity index (χ3n) is 4.62. The highest BCUT2D eigenvalue weighted by Crippen LogP contribution is 2.38. The van der Waals surface area contributed by atoms with Crippen LogP contribution < -0.4 is 10.1 Å². The van der Waals surface area contributed by atoms with Gasteiger partial charge in [0.15, 0.2) is 0 Å². The third-order valence-corrected chi connectivity index (χ3v) is 6.10. The van der Waals surface area contributed by atoms with Gasteiger partial charge in [-0.15, -0.1) is 11.3 Å². The van der Waals surface area contributed by atoms with E-state index < -0.39 is 5.97 Å². The molecule has 0 atom stereocenters. The maximum atomic E-state index is 12.6. The van der Waals surface area contributed by atoms with Gasteiger partial charge in [0.1, 0.15) is 10.8 Å². The number of thiophene rings is 1. The van der Waals surface area contributed by atoms with Crippen LogP contribution in [-0.4, -0.2) is 18.5 Å². The molecule has 0 unspecified atom stereocenters. The van der Waals surface area contributed by atoms with E-state index in [-0.39, 0.29) is 5.97 Å². The Hall–Kier alpha value is -2.05. The number of esters is 2. The Balaban J connectivity index is 1.89. The van der Waals surface area contributed by atoms with Gasteiger partial charge < -0.3 is 14.8 Å². The van der Waals surface area contributed by atoms with Crippen molar-refractivity contribution >= 4 is 39.9 Å². The van der Waals surface area contributed by atoms with E-state index in [0.717, 1.165) is 41.8 Å². The second kappa shape index (κ2) is 9.43. The van der Waals surface area contributed by atoms with Crippen molar-refractivity contribution in [3.05, 3.63) is 44.8 Å². The van der Waals surface area contributed by atoms with E-state index in [2.05, 4.69) is 5.32 Å². The molecule has 1 aliphatic carbocycles. The van der Waals surface area contributed by atoms with E-state index in [1.165, 1.54) is 18.2 Å². The Bertz CT molecular complexity index is 878. The van der Waals surface area contributed by atoms with E-state index in [1.54, 1.807) is 29.5 Å². The summed E-state index contributed by atoms with van der Waals surface area (Å²) >= 11 is 7.74. The summed E-state index contributed by atoms with van der Waals surface area (Å²) in [6.07, 6.45) is 5.29. The third kappa shape index (κ3) is 4.86. The molecule has 1 heterocycles. The summed E-state index contributed by atoms with van der Waals surface area (Å²) in [7, 11) is 0. The molecule has 7 heteroatoms. The van der Waals surface area contributed by atoms with Crippen molar-refractivity contribution in [2.24, 2.45) is 0 Å². The minimum absolute atomic E-state index is 0.282. The van der Waals surface area contributed by atoms with Gasteiger partial charge in [-0.05, 0) is 56.4 Å². The van der Waals surface area contributed by atoms with E-state index in [4.69, 9.17) is 21.1 Å². The van der Waals surface area contributed by atoms with Crippen molar-refractivity contribution in [3.63, 3.8) is 0 Å². The lowest BCUT2D eigenvalue weighted by Gasteiger charge is -2.12. The second-order valence-electron chi connectivity index (χ2n) is 6.69. The SMILES string of the molecule is CCOC(=O)c1c(NCc2cc(Cl)ccc2OC(C)=O)sc2c1CCCCC2. The van der Waals surface area contributed by atoms with Gasteiger partial charge in [-0.2, -0.15) is 0 Å². The number of rotatable bonds is 6. The zero-order valence-corrected chi connectivity index (χ0v) is 17.7. The van der Waals surface area contributed by atoms with Gasteiger partial charge in [0.25, 0.3) is 0 Å². The monoisotopic (exact) mass is 421 g/mol. The number of anilines is 1. The molecule has 2 aromatic rings. The standard InChI is InChI=1S/C21H24ClNO4S/c1-3-26-21(25)19-16-7-5-4-6-8-18(16)28-20(19)23-12-14-11-15(22)9-10-17(14)27-13(2)24/h9-11,23H,3-8,12H2,1-2H3. The number of hydrogen-bond acceptors (Lipinski definition) is 6. The number of hydrogen-bond donors (Lipinski definition) is 1. The van der Waals surface area contributed by atoms with Gasteiger partial charge in [0.05, 0.1) is 12.2 Å². The zero-order valence-electron chi connectivity index (χ0n) is 16.1. The number of nitrogens with one attached hydrogen (secondary N) is 1. The number of fused-ring (bicyclic) bond motifs is 1. The minimum Gasteiger partial charge on any atom is -0.462 e. The van der Waals surface area contributed by atoms with Crippen LogP contribution in [0.5, 0.6) is 5.75 Å². The van der Waals surface area contributed by atoms with Crippen LogP contribution in [0.1, 0.15) is 59.5 Å². The molecular formula is C21H24ClNO4S. The molecular weight excluding hydrogens is 398 g/mol. The maximum absolute atomic E-state index is 12.6. The molecule has 0 bridgehead atoms. The molecule has 0 saturated heterocycles. The van der Waals surface area contributed by atoms with Crippen molar-refractivity contribution in [2.45, 2.75) is 52.5 Å². The van der Waals surface area contributed by atoms with Crippen LogP contribution in [0.3, 0.4) is 0 Å². The highest BCUT2D eigenvalue weighted by molar-refractivity contribution is 7.16. The quantitative estimate of drug-likeness (QED) is 0.385. The Morgan fingerprint density at radius 3 is 2.75 bits per heavy atom. The van der Waals surface area contributed by atoms with Crippen LogP contribution in [0.4, 0.5) is 5.00 Å². The van der Waals surface area contributed by atoms with Crippen LogP contribution in [0.2, 0.25) is 5.02 Å². The maximum Gasteiger partial charge on any atom is 0.341 e. The molecule has 1 N–H and O–H groups in total. The lowest BCUT2D eigenvalue weighted by atomic mass is 10.1. The number of benzene rings is 1. The normalized spacial score (nSPS) is 13.4. The number of halogens is 1. The minimum atomic E-state index is -0.390. The summed E-state index contributed by atoms with van der Waals surface area (Å²) in [5.41, 5.74) is 2.52. The molecule has 0 spiro atoms. The largest absolute Gasteiger partial charge is 0.462 e. The molecule has 5 nitrogen and oxygen atoms in total. The van der Waals surface area contributed by atoms with Gasteiger partial charge >= 0.3 is 11.9 Å². The van der Waals surface area contributed by atoms with Gasteiger partial charge in [-0.25, -0.2) is 4.79 Å². The van der Waals surface area contributed by atoms with Crippen molar-refractivity contribution in [1.82, 2.24) is 0 Å². The molecule has 1 aliphatic rings. The smallest absolute Gasteiger partial charge is 0.341 e. The fourth-order valence-corrected chi connectivity index (χ4v) is 4.87. The molecule has 150 valence electrons. The first-order valence-electron chi connectivity index (χ1n) is 9.52. The van der Waals surface area contributed by atoms with E-state index in [1.807, 2.05) is 6.92 Å². The average Bonchev–Trinajstić information content (AvgIpc) is 2.83. The summed E-state index contributed by atoms with van der Waals surface area (Å²) in [5.74, 6) is -0.213. The number of ether oxygens (including phenoxy) is 2. The van der Waals surface area contributed by atoms with Gasteiger partial charge in [-0.1, -0.05) is 18.0 Å². The van der Waals surface area contributed by atoms with Gasteiger partial charge in [0, 0.05) is 28.9 Å². The first-order chi connectivity index (χ1) is 13.5. The summed E-state index contributed by atoms with van der Waals surface area (Å²) in [6, 6.07) is 5.12. The predicted molar refractivity (Wildman–Crippen MR) is 112 cm³/mol. The topological polar surface area (TPSA) is 64.6 Å². The van der Waals surface area contributed by atoms with Crippen LogP contribution in [0.15, 0.2) is 18.2 Å². The number of aryl methyl sites for hydroxylation is 1. The molecule has 1 aromatic heterocycles. The summed E-state index contributed by atoms with van der Waals surface area (Å²) < 4.78 is 10.6. The lowest BCUT2D eigenvalue weighted by molar-refractivity contribution is -0.131. The summed E-state index contributed by atoms with van der Waals surface area (Å²) in [6.45, 7) is 3.90. The Kier molecular flexibility index (Phi) is 6.97. The predicted octanol–water partition coefficient (Wildman–Crippen LogP) is 5.38. The molecule has 28 heavy (non-hydrogen) atoms. The van der Waals surface area contributed by atoms with Crippen LogP contribution in [-0.2, 0) is 28.9 Å². The van der Waals surface area contributed by atoms with E-state index >= 15 is 0 Å². The Morgan fingerprint density at radius 2 is 2.00 bits per heavy atom. The fourth-order valence-electron chi connectivity index (χ4n) is 3.40. The number of carbonyl (C=O) groups is 2. The highest BCUT2D eigenvalue weighted by Gasteiger charge is 2.25. The highest BCUT2D eigenvalue weighted by atomic mass is 35.5.